The van der Waals surface area contributed by atoms with Gasteiger partial charge >= 0.3 is 320 Å². The van der Waals surface area contributed by atoms with Crippen molar-refractivity contribution in [3.05, 3.63) is 115 Å². The number of allylic oxidation sites excluding steroid dienone is 2. The van der Waals surface area contributed by atoms with Crippen LogP contribution in [0.1, 0.15) is 118 Å². The summed E-state index contributed by atoms with van der Waals surface area (Å²) < 4.78 is 19.1. The van der Waals surface area contributed by atoms with E-state index in [-0.39, 0.29) is 35.6 Å². The molecule has 0 saturated heterocycles. The van der Waals surface area contributed by atoms with Crippen LogP contribution in [0.15, 0.2) is 59.7 Å². The molecule has 0 heterocycles. The minimum Gasteiger partial charge on any atom is -0.147 e. The molecule has 0 fully saturated rings. The number of ether oxygens (including phenoxy) is 2. The Bertz CT molecular complexity index is 2100. The first-order valence-corrected chi connectivity index (χ1v) is 32.8. The van der Waals surface area contributed by atoms with Gasteiger partial charge < -0.3 is 0 Å². The third-order valence-corrected chi connectivity index (χ3v) is 29.8. The Morgan fingerprint density at radius 2 is 0.815 bits per heavy atom. The van der Waals surface area contributed by atoms with E-state index in [2.05, 4.69) is 160 Å². The van der Waals surface area contributed by atoms with Gasteiger partial charge in [-0.1, -0.05) is 0 Å². The van der Waals surface area contributed by atoms with Gasteiger partial charge in [0.05, 0.1) is 0 Å². The van der Waals surface area contributed by atoms with Gasteiger partial charge in [-0.25, -0.2) is 0 Å². The topological polar surface area (TPSA) is 18.5 Å². The van der Waals surface area contributed by atoms with E-state index in [0.717, 1.165) is 11.5 Å². The zero-order chi connectivity index (χ0) is 38.5. The van der Waals surface area contributed by atoms with Crippen molar-refractivity contribution in [3.63, 3.8) is 0 Å². The largest absolute Gasteiger partial charge is 0.147 e. The molecule has 2 aliphatic rings. The number of methoxy groups -OCH3 is 2. The first-order chi connectivity index (χ1) is 24.0. The van der Waals surface area contributed by atoms with Crippen LogP contribution >= 0.6 is 24.8 Å². The zero-order valence-corrected chi connectivity index (χ0v) is 41.3. The Labute approximate surface area is 341 Å². The van der Waals surface area contributed by atoms with Gasteiger partial charge in [0, 0.05) is 0 Å². The fourth-order valence-corrected chi connectivity index (χ4v) is 31.5. The molecule has 0 aromatic heterocycles. The Morgan fingerprint density at radius 1 is 0.519 bits per heavy atom. The maximum atomic E-state index is 6.41. The second-order valence-corrected chi connectivity index (χ2v) is 50.0. The molecule has 290 valence electrons. The van der Waals surface area contributed by atoms with E-state index >= 15 is 0 Å². The summed E-state index contributed by atoms with van der Waals surface area (Å²) in [4.78, 5) is 0. The average molecular weight is 863 g/mol. The molecule has 6 rings (SSSR count). The van der Waals surface area contributed by atoms with Crippen LogP contribution in [-0.2, 0) is 28.2 Å². The minimum absolute atomic E-state index is 0. The Hall–Kier alpha value is -2.36. The van der Waals surface area contributed by atoms with Gasteiger partial charge in [0.25, 0.3) is 0 Å². The minimum atomic E-state index is -3.93. The Kier molecular flexibility index (Phi) is 12.2. The third-order valence-electron chi connectivity index (χ3n) is 11.9. The Balaban J connectivity index is 0.00000325. The summed E-state index contributed by atoms with van der Waals surface area (Å²) in [5, 5.41) is 0. The fraction of sp³-hybridized carbons (Fsp3) is 0.417. The number of halogens is 2. The number of rotatable bonds is 6. The standard InChI is InChI=1S/2C23H27O.2CH3.2ClH.H2Si.Zr/c2*1-14-8-15(2)11-18(10-14)21-19-12-16(3)9-17(19)13-20(22(21)24-7)23(4,5)6;;;;;;/h2*8-13H,1-7H3;2*1H3;2*1H;1H2;. The number of benzene rings is 4. The summed E-state index contributed by atoms with van der Waals surface area (Å²) in [7, 11) is 3.71. The molecule has 0 spiro atoms. The molecule has 2 nitrogen and oxygen atoms in total. The van der Waals surface area contributed by atoms with Crippen molar-refractivity contribution in [1.29, 1.82) is 0 Å². The number of fused-ring (bicyclic) bond motifs is 2. The number of aryl methyl sites for hydroxylation is 4. The van der Waals surface area contributed by atoms with Crippen molar-refractivity contribution in [2.45, 2.75) is 110 Å². The Morgan fingerprint density at radius 3 is 1.07 bits per heavy atom. The van der Waals surface area contributed by atoms with Gasteiger partial charge in [-0.15, -0.1) is 24.8 Å². The van der Waals surface area contributed by atoms with E-state index in [1.54, 1.807) is 0 Å². The summed E-state index contributed by atoms with van der Waals surface area (Å²) in [5.74, 6) is 2.03. The monoisotopic (exact) mass is 860 g/mol. The second kappa shape index (κ2) is 14.9. The molecule has 0 radical (unpaired) electrons. The maximum absolute atomic E-state index is 6.41. The average Bonchev–Trinajstić information content (AvgIpc) is 3.53. The van der Waals surface area contributed by atoms with Gasteiger partial charge in [0.2, 0.25) is 0 Å². The zero-order valence-electron chi connectivity index (χ0n) is 35.8. The summed E-state index contributed by atoms with van der Waals surface area (Å²) in [5.41, 5.74) is 21.3. The fourth-order valence-electron chi connectivity index (χ4n) is 10.3. The molecule has 0 amide bonds. The molecule has 54 heavy (non-hydrogen) atoms. The van der Waals surface area contributed by atoms with Crippen molar-refractivity contribution in [1.82, 2.24) is 0 Å². The summed E-state index contributed by atoms with van der Waals surface area (Å²) >= 11 is -3.93. The van der Waals surface area contributed by atoms with E-state index in [1.807, 2.05) is 14.2 Å². The van der Waals surface area contributed by atoms with Gasteiger partial charge in [-0.2, -0.15) is 0 Å². The van der Waals surface area contributed by atoms with Crippen LogP contribution in [0.3, 0.4) is 0 Å². The van der Waals surface area contributed by atoms with E-state index in [0.29, 0.717) is 7.25 Å². The van der Waals surface area contributed by atoms with Crippen LogP contribution in [0.5, 0.6) is 11.5 Å². The second-order valence-electron chi connectivity index (χ2n) is 19.5. The van der Waals surface area contributed by atoms with Crippen LogP contribution < -0.4 is 9.47 Å². The number of hydrogen-bond donors (Lipinski definition) is 0. The molecule has 0 N–H and O–H groups in total. The van der Waals surface area contributed by atoms with Crippen LogP contribution in [0.4, 0.5) is 0 Å². The normalized spacial score (nSPS) is 16.8. The molecule has 4 aromatic rings. The van der Waals surface area contributed by atoms with E-state index in [4.69, 9.17) is 9.47 Å². The first kappa shape index (κ1) is 44.4. The predicted molar refractivity (Wildman–Crippen MR) is 241 cm³/mol. The van der Waals surface area contributed by atoms with Crippen LogP contribution in [0, 0.1) is 27.7 Å². The van der Waals surface area contributed by atoms with Crippen molar-refractivity contribution in [2.24, 2.45) is 0 Å². The van der Waals surface area contributed by atoms with Gasteiger partial charge in [0.1, 0.15) is 0 Å². The summed E-state index contributed by atoms with van der Waals surface area (Å²) in [6.45, 7) is 30.1. The quantitative estimate of drug-likeness (QED) is 0.180. The van der Waals surface area contributed by atoms with Crippen LogP contribution in [-0.4, -0.2) is 21.1 Å². The van der Waals surface area contributed by atoms with Crippen molar-refractivity contribution in [3.8, 4) is 33.8 Å². The van der Waals surface area contributed by atoms with Crippen molar-refractivity contribution < 1.29 is 26.9 Å². The first-order valence-electron chi connectivity index (χ1n) is 19.1. The predicted octanol–water partition coefficient (Wildman–Crippen LogP) is 13.7. The summed E-state index contributed by atoms with van der Waals surface area (Å²) in [6.07, 6.45) is 5.06. The molecular formula is C48H64Cl2O2SiZr. The van der Waals surface area contributed by atoms with E-state index in [9.17, 15) is 0 Å². The third kappa shape index (κ3) is 7.44. The van der Waals surface area contributed by atoms with Gasteiger partial charge in [-0.05, 0) is 0 Å². The number of hydrogen-bond acceptors (Lipinski definition) is 2. The van der Waals surface area contributed by atoms with E-state index in [1.165, 1.54) is 89.0 Å². The van der Waals surface area contributed by atoms with E-state index < -0.39 is 17.4 Å². The molecule has 0 aliphatic heterocycles. The smallest absolute Gasteiger partial charge is 0.147 e. The van der Waals surface area contributed by atoms with Crippen LogP contribution in [0.2, 0.25) is 9.26 Å². The molecule has 2 aliphatic carbocycles. The molecule has 6 heteroatoms. The van der Waals surface area contributed by atoms with Crippen molar-refractivity contribution >= 4 is 43.8 Å². The van der Waals surface area contributed by atoms with Crippen molar-refractivity contribution in [2.75, 3.05) is 14.2 Å². The molecule has 0 bridgehead atoms. The molecule has 2 atom stereocenters. The molecule has 0 saturated carbocycles. The SMILES string of the molecule is COc1c(C(C)(C)C)cc2c(c1-c1cc(C)cc(C)c1)C=C(C)[CH]2[Zr]([CH3])([CH3])(=[SiH2])[CH]1C(C)=Cc2c1cc(C(C)(C)C)c(OC)c2-c1cc(C)cc(C)c1.Cl.Cl. The molecule has 4 aromatic carbocycles. The van der Waals surface area contributed by atoms with Gasteiger partial charge in [-0.3, -0.25) is 0 Å². The molecule has 2 unspecified atom stereocenters. The molecular weight excluding hydrogens is 799 g/mol. The maximum Gasteiger partial charge on any atom is -0.147 e. The van der Waals surface area contributed by atoms with Crippen LogP contribution in [0.25, 0.3) is 34.4 Å². The van der Waals surface area contributed by atoms with Gasteiger partial charge in [0.15, 0.2) is 0 Å². The summed E-state index contributed by atoms with van der Waals surface area (Å²) in [6, 6.07) is 19.0.